The van der Waals surface area contributed by atoms with E-state index in [1.54, 1.807) is 12.1 Å². The summed E-state index contributed by atoms with van der Waals surface area (Å²) in [4.78, 5) is 22.4. The fourth-order valence-electron chi connectivity index (χ4n) is 4.63. The molecular formula is C24H23ClN6O. The molecule has 32 heavy (non-hydrogen) atoms. The molecule has 2 aliphatic rings. The van der Waals surface area contributed by atoms with Crippen LogP contribution in [0.4, 0.5) is 5.95 Å². The SMILES string of the molecule is C[C@@H]1CN(c2nc3ccccc3c3nnc(C4CC4)n23)CCN1C(=O)c1ccccc1Cl. The highest BCUT2D eigenvalue weighted by atomic mass is 35.5. The molecule has 1 amide bonds. The Morgan fingerprint density at radius 2 is 1.81 bits per heavy atom. The zero-order chi connectivity index (χ0) is 21.8. The number of rotatable bonds is 3. The van der Waals surface area contributed by atoms with Crippen molar-refractivity contribution in [3.8, 4) is 0 Å². The van der Waals surface area contributed by atoms with E-state index in [-0.39, 0.29) is 11.9 Å². The van der Waals surface area contributed by atoms with Gasteiger partial charge in [-0.2, -0.15) is 0 Å². The Hall–Kier alpha value is -3.19. The first-order chi connectivity index (χ1) is 15.6. The number of piperazine rings is 1. The van der Waals surface area contributed by atoms with Crippen molar-refractivity contribution in [3.05, 3.63) is 64.9 Å². The molecule has 162 valence electrons. The van der Waals surface area contributed by atoms with Gasteiger partial charge in [0.15, 0.2) is 5.65 Å². The molecule has 0 bridgehead atoms. The predicted molar refractivity (Wildman–Crippen MR) is 124 cm³/mol. The number of nitrogens with zero attached hydrogens (tertiary/aromatic N) is 6. The second kappa shape index (κ2) is 7.45. The Balaban J connectivity index is 1.37. The summed E-state index contributed by atoms with van der Waals surface area (Å²) < 4.78 is 2.14. The van der Waals surface area contributed by atoms with Crippen molar-refractivity contribution in [2.24, 2.45) is 0 Å². The molecule has 1 saturated heterocycles. The molecule has 4 aromatic rings. The molecule has 6 rings (SSSR count). The van der Waals surface area contributed by atoms with Crippen molar-refractivity contribution < 1.29 is 4.79 Å². The quantitative estimate of drug-likeness (QED) is 0.472. The molecule has 2 fully saturated rings. The first kappa shape index (κ1) is 19.5. The van der Waals surface area contributed by atoms with Crippen LogP contribution in [-0.2, 0) is 0 Å². The third kappa shape index (κ3) is 3.11. The molecule has 0 spiro atoms. The van der Waals surface area contributed by atoms with Gasteiger partial charge in [-0.3, -0.25) is 4.79 Å². The monoisotopic (exact) mass is 446 g/mol. The highest BCUT2D eigenvalue weighted by Crippen LogP contribution is 2.40. The maximum absolute atomic E-state index is 13.2. The summed E-state index contributed by atoms with van der Waals surface area (Å²) in [6.45, 7) is 4.04. The van der Waals surface area contributed by atoms with Crippen LogP contribution in [0.25, 0.3) is 16.6 Å². The molecule has 1 atom stereocenters. The Kier molecular flexibility index (Phi) is 4.54. The van der Waals surface area contributed by atoms with Crippen molar-refractivity contribution >= 4 is 40.0 Å². The second-order valence-electron chi connectivity index (χ2n) is 8.69. The summed E-state index contributed by atoms with van der Waals surface area (Å²) in [5.41, 5.74) is 2.32. The van der Waals surface area contributed by atoms with Crippen LogP contribution >= 0.6 is 11.6 Å². The summed E-state index contributed by atoms with van der Waals surface area (Å²) in [5, 5.41) is 10.6. The highest BCUT2D eigenvalue weighted by molar-refractivity contribution is 6.33. The van der Waals surface area contributed by atoms with Gasteiger partial charge in [-0.05, 0) is 44.0 Å². The molecule has 2 aromatic heterocycles. The zero-order valence-corrected chi connectivity index (χ0v) is 18.5. The Morgan fingerprint density at radius 3 is 2.59 bits per heavy atom. The molecule has 1 aliphatic carbocycles. The van der Waals surface area contributed by atoms with E-state index < -0.39 is 0 Å². The third-order valence-corrected chi connectivity index (χ3v) is 6.80. The van der Waals surface area contributed by atoms with Crippen molar-refractivity contribution in [2.45, 2.75) is 31.7 Å². The van der Waals surface area contributed by atoms with Gasteiger partial charge in [0.1, 0.15) is 5.82 Å². The average Bonchev–Trinajstić information content (AvgIpc) is 3.56. The van der Waals surface area contributed by atoms with E-state index >= 15 is 0 Å². The number of carbonyl (C=O) groups excluding carboxylic acids is 1. The lowest BCUT2D eigenvalue weighted by Gasteiger charge is -2.40. The Labute approximate surface area is 190 Å². The fourth-order valence-corrected chi connectivity index (χ4v) is 4.85. The van der Waals surface area contributed by atoms with E-state index in [1.807, 2.05) is 35.2 Å². The lowest BCUT2D eigenvalue weighted by Crippen LogP contribution is -2.54. The van der Waals surface area contributed by atoms with E-state index in [0.29, 0.717) is 36.1 Å². The van der Waals surface area contributed by atoms with Crippen LogP contribution in [0.2, 0.25) is 5.02 Å². The van der Waals surface area contributed by atoms with Gasteiger partial charge < -0.3 is 9.80 Å². The molecule has 1 aliphatic heterocycles. The molecule has 2 aromatic carbocycles. The summed E-state index contributed by atoms with van der Waals surface area (Å²) in [5.74, 6) is 2.28. The molecule has 7 nitrogen and oxygen atoms in total. The molecule has 0 radical (unpaired) electrons. The lowest BCUT2D eigenvalue weighted by molar-refractivity contribution is 0.0673. The number of carbonyl (C=O) groups is 1. The number of hydrogen-bond acceptors (Lipinski definition) is 5. The largest absolute Gasteiger partial charge is 0.338 e. The summed E-state index contributed by atoms with van der Waals surface area (Å²) in [6, 6.07) is 15.3. The number of aromatic nitrogens is 4. The number of benzene rings is 2. The molecule has 0 N–H and O–H groups in total. The maximum atomic E-state index is 13.2. The molecular weight excluding hydrogens is 424 g/mol. The fraction of sp³-hybridized carbons (Fsp3) is 0.333. The topological polar surface area (TPSA) is 66.6 Å². The van der Waals surface area contributed by atoms with Crippen LogP contribution in [0, 0.1) is 0 Å². The van der Waals surface area contributed by atoms with Crippen LogP contribution in [0.1, 0.15) is 41.9 Å². The smallest absolute Gasteiger partial charge is 0.255 e. The maximum Gasteiger partial charge on any atom is 0.255 e. The van der Waals surface area contributed by atoms with Gasteiger partial charge in [-0.1, -0.05) is 35.9 Å². The zero-order valence-electron chi connectivity index (χ0n) is 17.8. The minimum absolute atomic E-state index is 0.0108. The van der Waals surface area contributed by atoms with Gasteiger partial charge in [0.2, 0.25) is 5.95 Å². The van der Waals surface area contributed by atoms with E-state index in [0.717, 1.165) is 41.2 Å². The van der Waals surface area contributed by atoms with Crippen LogP contribution < -0.4 is 4.90 Å². The average molecular weight is 447 g/mol. The number of anilines is 1. The van der Waals surface area contributed by atoms with Gasteiger partial charge in [-0.15, -0.1) is 10.2 Å². The number of halogens is 1. The van der Waals surface area contributed by atoms with Crippen molar-refractivity contribution in [1.29, 1.82) is 0 Å². The van der Waals surface area contributed by atoms with Crippen LogP contribution in [0.5, 0.6) is 0 Å². The standard InChI is InChI=1S/C24H23ClN6O/c1-15-14-29(12-13-30(15)23(32)17-6-2-4-8-19(17)25)24-26-20-9-5-3-7-18(20)22-28-27-21(31(22)24)16-10-11-16/h2-9,15-16H,10-14H2,1H3/t15-/m1/s1. The summed E-state index contributed by atoms with van der Waals surface area (Å²) >= 11 is 6.29. The molecule has 0 unspecified atom stereocenters. The van der Waals surface area contributed by atoms with E-state index in [4.69, 9.17) is 16.6 Å². The first-order valence-corrected chi connectivity index (χ1v) is 11.4. The minimum atomic E-state index is -0.0256. The lowest BCUT2D eigenvalue weighted by atomic mass is 10.1. The highest BCUT2D eigenvalue weighted by Gasteiger charge is 2.34. The van der Waals surface area contributed by atoms with Gasteiger partial charge in [0, 0.05) is 37.0 Å². The summed E-state index contributed by atoms with van der Waals surface area (Å²) in [7, 11) is 0. The van der Waals surface area contributed by atoms with Crippen LogP contribution in [-0.4, -0.2) is 56.1 Å². The van der Waals surface area contributed by atoms with Gasteiger partial charge >= 0.3 is 0 Å². The number of amides is 1. The normalized spacial score (nSPS) is 19.1. The van der Waals surface area contributed by atoms with E-state index in [2.05, 4.69) is 32.5 Å². The molecule has 1 saturated carbocycles. The summed E-state index contributed by atoms with van der Waals surface area (Å²) in [6.07, 6.45) is 2.28. The minimum Gasteiger partial charge on any atom is -0.338 e. The third-order valence-electron chi connectivity index (χ3n) is 6.47. The first-order valence-electron chi connectivity index (χ1n) is 11.1. The van der Waals surface area contributed by atoms with Crippen molar-refractivity contribution in [1.82, 2.24) is 24.5 Å². The van der Waals surface area contributed by atoms with Crippen molar-refractivity contribution in [3.63, 3.8) is 0 Å². The van der Waals surface area contributed by atoms with E-state index in [9.17, 15) is 4.79 Å². The Bertz CT molecular complexity index is 1350. The second-order valence-corrected chi connectivity index (χ2v) is 9.10. The van der Waals surface area contributed by atoms with Gasteiger partial charge in [0.05, 0.1) is 16.1 Å². The Morgan fingerprint density at radius 1 is 1.03 bits per heavy atom. The number of hydrogen-bond donors (Lipinski definition) is 0. The molecule has 3 heterocycles. The number of fused-ring (bicyclic) bond motifs is 3. The van der Waals surface area contributed by atoms with E-state index in [1.165, 1.54) is 0 Å². The number of para-hydroxylation sites is 1. The van der Waals surface area contributed by atoms with Crippen LogP contribution in [0.3, 0.4) is 0 Å². The van der Waals surface area contributed by atoms with Crippen molar-refractivity contribution in [2.75, 3.05) is 24.5 Å². The molecule has 8 heteroatoms. The van der Waals surface area contributed by atoms with Crippen LogP contribution in [0.15, 0.2) is 48.5 Å². The van der Waals surface area contributed by atoms with Gasteiger partial charge in [-0.25, -0.2) is 9.38 Å². The predicted octanol–water partition coefficient (Wildman–Crippen LogP) is 4.16. The van der Waals surface area contributed by atoms with Gasteiger partial charge in [0.25, 0.3) is 5.91 Å².